The first-order chi connectivity index (χ1) is 17.6. The van der Waals surface area contributed by atoms with Crippen LogP contribution >= 0.6 is 11.3 Å². The Bertz CT molecular complexity index is 1450. The number of ether oxygens (including phenoxy) is 3. The van der Waals surface area contributed by atoms with Gasteiger partial charge in [0.15, 0.2) is 0 Å². The van der Waals surface area contributed by atoms with Crippen molar-refractivity contribution in [2.45, 2.75) is 65.8 Å². The van der Waals surface area contributed by atoms with Gasteiger partial charge in [-0.1, -0.05) is 40.7 Å². The van der Waals surface area contributed by atoms with Crippen molar-refractivity contribution in [2.24, 2.45) is 0 Å². The van der Waals surface area contributed by atoms with Crippen molar-refractivity contribution in [3.63, 3.8) is 0 Å². The number of rotatable bonds is 10. The molecule has 0 fully saturated rings. The summed E-state index contributed by atoms with van der Waals surface area (Å²) >= 11 is 1.96. The van der Waals surface area contributed by atoms with Gasteiger partial charge in [0.25, 0.3) is 0 Å². The monoisotopic (exact) mass is 519 g/mol. The summed E-state index contributed by atoms with van der Waals surface area (Å²) in [4.78, 5) is 2.88. The van der Waals surface area contributed by atoms with Gasteiger partial charge in [0.1, 0.15) is 0 Å². The molecule has 1 aliphatic rings. The van der Waals surface area contributed by atoms with E-state index in [9.17, 15) is 0 Å². The Kier molecular flexibility index (Phi) is 7.03. The molecule has 5 heteroatoms. The first kappa shape index (κ1) is 26.4. The van der Waals surface area contributed by atoms with Gasteiger partial charge in [-0.25, -0.2) is 0 Å². The van der Waals surface area contributed by atoms with Gasteiger partial charge < -0.3 is 18.8 Å². The van der Waals surface area contributed by atoms with E-state index >= 15 is 0 Å². The van der Waals surface area contributed by atoms with E-state index in [1.54, 1.807) is 7.11 Å². The minimum Gasteiger partial charge on any atom is -0.382 e. The van der Waals surface area contributed by atoms with Crippen molar-refractivity contribution in [1.82, 2.24) is 4.57 Å². The summed E-state index contributed by atoms with van der Waals surface area (Å²) in [7, 11) is 1.69. The Labute approximate surface area is 225 Å². The number of benzene rings is 2. The third-order valence-corrected chi connectivity index (χ3v) is 9.81. The molecule has 0 amide bonds. The minimum atomic E-state index is 0.155. The summed E-state index contributed by atoms with van der Waals surface area (Å²) in [5, 5.41) is 2.69. The highest BCUT2D eigenvalue weighted by atomic mass is 32.1. The zero-order valence-corrected chi connectivity index (χ0v) is 24.5. The fraction of sp³-hybridized carbons (Fsp3) is 0.500. The van der Waals surface area contributed by atoms with Crippen LogP contribution in [-0.4, -0.2) is 44.7 Å². The fourth-order valence-electron chi connectivity index (χ4n) is 5.62. The number of thiophene rings is 1. The molecule has 2 aromatic carbocycles. The maximum Gasteiger partial charge on any atom is 0.0701 e. The van der Waals surface area contributed by atoms with Gasteiger partial charge in [-0.3, -0.25) is 0 Å². The van der Waals surface area contributed by atoms with E-state index in [1.807, 2.05) is 11.3 Å². The Balaban J connectivity index is 1.49. The van der Waals surface area contributed by atoms with Crippen molar-refractivity contribution >= 4 is 33.1 Å². The van der Waals surface area contributed by atoms with Gasteiger partial charge in [0.05, 0.1) is 33.0 Å². The van der Waals surface area contributed by atoms with Crippen LogP contribution < -0.4 is 0 Å². The van der Waals surface area contributed by atoms with Crippen LogP contribution in [0.5, 0.6) is 0 Å². The second kappa shape index (κ2) is 9.85. The third kappa shape index (κ3) is 4.76. The van der Waals surface area contributed by atoms with Gasteiger partial charge in [0.2, 0.25) is 0 Å². The van der Waals surface area contributed by atoms with E-state index in [4.69, 9.17) is 14.2 Å². The summed E-state index contributed by atoms with van der Waals surface area (Å²) in [5.41, 5.74) is 10.0. The maximum absolute atomic E-state index is 5.94. The molecule has 2 aromatic heterocycles. The number of aromatic nitrogens is 1. The summed E-state index contributed by atoms with van der Waals surface area (Å²) in [6.07, 6.45) is 0. The van der Waals surface area contributed by atoms with Crippen LogP contribution in [0.2, 0.25) is 0 Å². The first-order valence-electron chi connectivity index (χ1n) is 13.4. The lowest BCUT2D eigenvalue weighted by Gasteiger charge is -2.17. The number of hydrogen-bond acceptors (Lipinski definition) is 4. The predicted molar refractivity (Wildman–Crippen MR) is 157 cm³/mol. The second-order valence-corrected chi connectivity index (χ2v) is 12.9. The van der Waals surface area contributed by atoms with Gasteiger partial charge >= 0.3 is 0 Å². The summed E-state index contributed by atoms with van der Waals surface area (Å²) in [6.45, 7) is 20.1. The van der Waals surface area contributed by atoms with Crippen LogP contribution in [0.15, 0.2) is 30.3 Å². The number of nitrogens with zero attached hydrogens (tertiary/aromatic N) is 1. The molecule has 0 aliphatic heterocycles. The molecule has 5 rings (SSSR count). The normalized spacial score (nSPS) is 14.6. The van der Waals surface area contributed by atoms with Gasteiger partial charge in [-0.05, 0) is 71.3 Å². The fourth-order valence-corrected chi connectivity index (χ4v) is 6.99. The molecule has 0 unspecified atom stereocenters. The molecule has 198 valence electrons. The molecular weight excluding hydrogens is 478 g/mol. The molecule has 2 heterocycles. The molecule has 4 nitrogen and oxygen atoms in total. The van der Waals surface area contributed by atoms with Crippen molar-refractivity contribution in [3.05, 3.63) is 57.5 Å². The molecule has 1 aliphatic carbocycles. The average Bonchev–Trinajstić information content (AvgIpc) is 3.09. The van der Waals surface area contributed by atoms with Crippen LogP contribution in [0, 0.1) is 13.8 Å². The standard InChI is InChI=1S/C32H41NO3S/c1-20-21(2)30(31(3,4)5)37-29(20)22-9-10-27-23(17-22)24-18-25-26(32(25,6)7)19-28(24)33(27)11-12-35-15-16-36-14-13-34-8/h9-10,17-19H,11-16H2,1-8H3. The van der Waals surface area contributed by atoms with E-state index in [2.05, 4.69) is 83.4 Å². The Morgan fingerprint density at radius 1 is 0.811 bits per heavy atom. The Morgan fingerprint density at radius 2 is 1.46 bits per heavy atom. The van der Waals surface area contributed by atoms with Crippen LogP contribution in [0.1, 0.15) is 61.7 Å². The van der Waals surface area contributed by atoms with Crippen LogP contribution in [0.25, 0.3) is 32.2 Å². The van der Waals surface area contributed by atoms with Gasteiger partial charge in [0, 0.05) is 50.6 Å². The number of methoxy groups -OCH3 is 1. The quantitative estimate of drug-likeness (QED) is 0.201. The third-order valence-electron chi connectivity index (χ3n) is 7.94. The lowest BCUT2D eigenvalue weighted by molar-refractivity contribution is 0.0234. The van der Waals surface area contributed by atoms with Crippen LogP contribution in [0.3, 0.4) is 0 Å². The lowest BCUT2D eigenvalue weighted by atomic mass is 9.90. The summed E-state index contributed by atoms with van der Waals surface area (Å²) < 4.78 is 18.9. The van der Waals surface area contributed by atoms with Crippen molar-refractivity contribution in [1.29, 1.82) is 0 Å². The van der Waals surface area contributed by atoms with E-state index < -0.39 is 0 Å². The zero-order chi connectivity index (χ0) is 26.5. The molecule has 0 radical (unpaired) electrons. The van der Waals surface area contributed by atoms with E-state index in [0.29, 0.717) is 33.0 Å². The highest BCUT2D eigenvalue weighted by molar-refractivity contribution is 7.16. The number of fused-ring (bicyclic) bond motifs is 4. The van der Waals surface area contributed by atoms with Gasteiger partial charge in [-0.15, -0.1) is 11.3 Å². The second-order valence-electron chi connectivity index (χ2n) is 11.9. The molecule has 0 saturated carbocycles. The largest absolute Gasteiger partial charge is 0.382 e. The van der Waals surface area contributed by atoms with Crippen molar-refractivity contribution < 1.29 is 14.2 Å². The average molecular weight is 520 g/mol. The molecule has 0 saturated heterocycles. The van der Waals surface area contributed by atoms with Crippen LogP contribution in [0.4, 0.5) is 0 Å². The first-order valence-corrected chi connectivity index (χ1v) is 14.2. The number of hydrogen-bond donors (Lipinski definition) is 0. The molecular formula is C32H41NO3S. The smallest absolute Gasteiger partial charge is 0.0701 e. The van der Waals surface area contributed by atoms with E-state index in [0.717, 1.165) is 6.54 Å². The Hall–Kier alpha value is -2.18. The van der Waals surface area contributed by atoms with Crippen molar-refractivity contribution in [3.8, 4) is 10.4 Å². The molecule has 0 atom stereocenters. The highest BCUT2D eigenvalue weighted by Gasteiger charge is 2.42. The molecule has 0 bridgehead atoms. The zero-order valence-electron chi connectivity index (χ0n) is 23.7. The molecule has 37 heavy (non-hydrogen) atoms. The lowest BCUT2D eigenvalue weighted by Crippen LogP contribution is -2.11. The van der Waals surface area contributed by atoms with E-state index in [1.165, 1.54) is 59.4 Å². The maximum atomic E-state index is 5.94. The van der Waals surface area contributed by atoms with E-state index in [-0.39, 0.29) is 10.8 Å². The predicted octanol–water partition coefficient (Wildman–Crippen LogP) is 7.76. The molecule has 4 aromatic rings. The summed E-state index contributed by atoms with van der Waals surface area (Å²) in [5.74, 6) is 0. The van der Waals surface area contributed by atoms with Crippen molar-refractivity contribution in [2.75, 3.05) is 40.1 Å². The molecule has 0 N–H and O–H groups in total. The summed E-state index contributed by atoms with van der Waals surface area (Å²) in [6, 6.07) is 11.9. The topological polar surface area (TPSA) is 32.6 Å². The van der Waals surface area contributed by atoms with Crippen LogP contribution in [-0.2, 0) is 31.6 Å². The minimum absolute atomic E-state index is 0.155. The van der Waals surface area contributed by atoms with Gasteiger partial charge in [-0.2, -0.15) is 0 Å². The SMILES string of the molecule is COCCOCCOCCn1c2ccc(-c3sc(C(C)(C)C)c(C)c3C)cc2c2cc3c(cc21)C3(C)C. The Morgan fingerprint density at radius 3 is 2.14 bits per heavy atom. The molecule has 0 spiro atoms. The highest BCUT2D eigenvalue weighted by Crippen LogP contribution is 2.52.